The van der Waals surface area contributed by atoms with Crippen molar-refractivity contribution in [3.63, 3.8) is 0 Å². The zero-order chi connectivity index (χ0) is 35.4. The molecule has 2 aromatic carbocycles. The normalized spacial score (nSPS) is 18.1. The quantitative estimate of drug-likeness (QED) is 0.125. The number of piperidine rings is 1. The third kappa shape index (κ3) is 8.19. The average Bonchev–Trinajstić information content (AvgIpc) is 3.56. The minimum Gasteiger partial charge on any atom is -0.379 e. The first kappa shape index (κ1) is 34.5. The van der Waals surface area contributed by atoms with Crippen molar-refractivity contribution < 1.29 is 9.53 Å². The highest BCUT2D eigenvalue weighted by molar-refractivity contribution is 6.02. The zero-order valence-corrected chi connectivity index (χ0v) is 29.9. The van der Waals surface area contributed by atoms with Crippen LogP contribution >= 0.6 is 0 Å². The molecule has 5 aromatic rings. The van der Waals surface area contributed by atoms with E-state index in [-0.39, 0.29) is 23.4 Å². The van der Waals surface area contributed by atoms with Crippen molar-refractivity contribution in [3.8, 4) is 11.3 Å². The lowest BCUT2D eigenvalue weighted by Crippen LogP contribution is -2.50. The van der Waals surface area contributed by atoms with Crippen molar-refractivity contribution in [1.29, 1.82) is 0 Å². The van der Waals surface area contributed by atoms with Gasteiger partial charge in [-0.25, -0.2) is 0 Å². The van der Waals surface area contributed by atoms with Crippen LogP contribution in [0.1, 0.15) is 57.6 Å². The number of amides is 1. The van der Waals surface area contributed by atoms with Crippen LogP contribution in [0.5, 0.6) is 0 Å². The Balaban J connectivity index is 1.10. The SMILES string of the molecule is CC(C)c1cnn2c(NCc3ccccc3-c3nccc4cc(NC(=O)/C=C/CN5CCOCC5)ccc34)nc(NC3CCC(C)(C)NC3)nc12. The number of morpholine rings is 1. The third-order valence-electron chi connectivity index (χ3n) is 9.77. The van der Waals surface area contributed by atoms with Crippen LogP contribution in [0.3, 0.4) is 0 Å². The van der Waals surface area contributed by atoms with Crippen LogP contribution < -0.4 is 21.3 Å². The van der Waals surface area contributed by atoms with E-state index in [9.17, 15) is 4.79 Å². The van der Waals surface area contributed by atoms with Crippen LogP contribution in [0.25, 0.3) is 27.7 Å². The van der Waals surface area contributed by atoms with Crippen molar-refractivity contribution in [2.24, 2.45) is 0 Å². The highest BCUT2D eigenvalue weighted by Crippen LogP contribution is 2.31. The van der Waals surface area contributed by atoms with Gasteiger partial charge in [0.05, 0.1) is 25.1 Å². The fourth-order valence-electron chi connectivity index (χ4n) is 6.74. The van der Waals surface area contributed by atoms with E-state index in [4.69, 9.17) is 19.7 Å². The third-order valence-corrected chi connectivity index (χ3v) is 9.77. The maximum absolute atomic E-state index is 12.7. The first-order valence-electron chi connectivity index (χ1n) is 18.0. The summed E-state index contributed by atoms with van der Waals surface area (Å²) < 4.78 is 7.20. The number of pyridine rings is 1. The Labute approximate surface area is 299 Å². The second-order valence-corrected chi connectivity index (χ2v) is 14.4. The van der Waals surface area contributed by atoms with E-state index in [0.29, 0.717) is 18.4 Å². The van der Waals surface area contributed by atoms with Crippen molar-refractivity contribution in [2.75, 3.05) is 55.3 Å². The summed E-state index contributed by atoms with van der Waals surface area (Å²) in [6, 6.07) is 16.4. The van der Waals surface area contributed by atoms with Crippen molar-refractivity contribution in [3.05, 3.63) is 84.2 Å². The molecule has 1 unspecified atom stereocenters. The first-order chi connectivity index (χ1) is 24.7. The van der Waals surface area contributed by atoms with E-state index >= 15 is 0 Å². The fourth-order valence-corrected chi connectivity index (χ4v) is 6.74. The van der Waals surface area contributed by atoms with Gasteiger partial charge >= 0.3 is 0 Å². The van der Waals surface area contributed by atoms with Gasteiger partial charge in [0.15, 0.2) is 5.65 Å². The van der Waals surface area contributed by atoms with E-state index in [1.165, 1.54) is 0 Å². The Morgan fingerprint density at radius 1 is 1.12 bits per heavy atom. The van der Waals surface area contributed by atoms with Gasteiger partial charge in [-0.3, -0.25) is 14.7 Å². The molecular formula is C39H48N10O2. The number of anilines is 3. The Morgan fingerprint density at radius 3 is 2.76 bits per heavy atom. The van der Waals surface area contributed by atoms with Crippen LogP contribution in [0.15, 0.2) is 73.1 Å². The average molecular weight is 689 g/mol. The minimum absolute atomic E-state index is 0.136. The Hall–Kier alpha value is -4.91. The standard InChI is InChI=1S/C39H48N10O2/c1-26(2)33-25-43-49-36(33)46-37(45-30-13-15-39(3,4)42-24-30)47-38(49)41-23-28-8-5-6-9-31(28)35-32-12-11-29(22-27(32)14-16-40-35)44-34(50)10-7-17-48-18-20-51-21-19-48/h5-12,14,16,22,25-26,30,42H,13,15,17-21,23-24H2,1-4H3,(H,44,50)(H2,41,45,46,47)/b10-7+. The lowest BCUT2D eigenvalue weighted by Gasteiger charge is -2.36. The van der Waals surface area contributed by atoms with Gasteiger partial charge in [0.2, 0.25) is 17.8 Å². The van der Waals surface area contributed by atoms with E-state index in [2.05, 4.69) is 71.1 Å². The maximum atomic E-state index is 12.7. The lowest BCUT2D eigenvalue weighted by atomic mass is 9.91. The maximum Gasteiger partial charge on any atom is 0.248 e. The summed E-state index contributed by atoms with van der Waals surface area (Å²) in [5, 5.41) is 20.5. The van der Waals surface area contributed by atoms with E-state index in [0.717, 1.165) is 96.7 Å². The Kier molecular flexibility index (Phi) is 10.3. The number of carbonyl (C=O) groups is 1. The smallest absolute Gasteiger partial charge is 0.248 e. The highest BCUT2D eigenvalue weighted by Gasteiger charge is 2.27. The minimum atomic E-state index is -0.150. The van der Waals surface area contributed by atoms with Gasteiger partial charge in [-0.15, -0.1) is 0 Å². The molecule has 12 nitrogen and oxygen atoms in total. The number of carbonyl (C=O) groups excluding carboxylic acids is 1. The molecule has 0 bridgehead atoms. The zero-order valence-electron chi connectivity index (χ0n) is 29.9. The summed E-state index contributed by atoms with van der Waals surface area (Å²) in [6.45, 7) is 14.1. The number of nitrogens with zero attached hydrogens (tertiary/aromatic N) is 6. The van der Waals surface area contributed by atoms with Gasteiger partial charge in [-0.1, -0.05) is 50.3 Å². The van der Waals surface area contributed by atoms with Gasteiger partial charge in [0.1, 0.15) is 0 Å². The van der Waals surface area contributed by atoms with E-state index < -0.39 is 0 Å². The highest BCUT2D eigenvalue weighted by atomic mass is 16.5. The van der Waals surface area contributed by atoms with Crippen LogP contribution in [-0.2, 0) is 16.1 Å². The monoisotopic (exact) mass is 688 g/mol. The lowest BCUT2D eigenvalue weighted by molar-refractivity contribution is -0.111. The summed E-state index contributed by atoms with van der Waals surface area (Å²) in [4.78, 5) is 29.6. The van der Waals surface area contributed by atoms with Gasteiger partial charge < -0.3 is 26.0 Å². The molecule has 1 atom stereocenters. The number of rotatable bonds is 11. The Morgan fingerprint density at radius 2 is 1.96 bits per heavy atom. The van der Waals surface area contributed by atoms with Gasteiger partial charge in [-0.2, -0.15) is 19.6 Å². The number of aromatic nitrogens is 5. The molecule has 266 valence electrons. The molecule has 4 N–H and O–H groups in total. The molecule has 3 aromatic heterocycles. The predicted octanol–water partition coefficient (Wildman–Crippen LogP) is 5.84. The summed E-state index contributed by atoms with van der Waals surface area (Å²) in [7, 11) is 0. The fraction of sp³-hybridized carbons (Fsp3) is 0.410. The molecule has 7 rings (SSSR count). The second kappa shape index (κ2) is 15.1. The molecule has 0 saturated carbocycles. The van der Waals surface area contributed by atoms with Gasteiger partial charge in [-0.05, 0) is 61.8 Å². The molecule has 2 fully saturated rings. The molecule has 2 aliphatic rings. The van der Waals surface area contributed by atoms with Gasteiger partial charge in [0.25, 0.3) is 0 Å². The second-order valence-electron chi connectivity index (χ2n) is 14.4. The number of benzene rings is 2. The molecule has 5 heterocycles. The van der Waals surface area contributed by atoms with E-state index in [1.54, 1.807) is 10.6 Å². The number of hydrogen-bond acceptors (Lipinski definition) is 10. The van der Waals surface area contributed by atoms with Crippen LogP contribution in [-0.4, -0.2) is 86.3 Å². The first-order valence-corrected chi connectivity index (χ1v) is 18.0. The van der Waals surface area contributed by atoms with Crippen LogP contribution in [0.2, 0.25) is 0 Å². The van der Waals surface area contributed by atoms with Gasteiger partial charge in [0, 0.05) is 78.8 Å². The number of hydrogen-bond donors (Lipinski definition) is 4. The molecule has 2 saturated heterocycles. The largest absolute Gasteiger partial charge is 0.379 e. The van der Waals surface area contributed by atoms with Crippen molar-refractivity contribution in [1.82, 2.24) is 34.8 Å². The van der Waals surface area contributed by atoms with E-state index in [1.807, 2.05) is 54.9 Å². The molecule has 0 radical (unpaired) electrons. The molecule has 0 aliphatic carbocycles. The predicted molar refractivity (Wildman–Crippen MR) is 203 cm³/mol. The number of nitrogens with one attached hydrogen (secondary N) is 4. The molecule has 2 aliphatic heterocycles. The summed E-state index contributed by atoms with van der Waals surface area (Å²) in [6.07, 6.45) is 9.33. The summed E-state index contributed by atoms with van der Waals surface area (Å²) in [5.41, 5.74) is 5.70. The molecule has 51 heavy (non-hydrogen) atoms. The van der Waals surface area contributed by atoms with Crippen LogP contribution in [0, 0.1) is 0 Å². The molecule has 12 heteroatoms. The molecule has 0 spiro atoms. The van der Waals surface area contributed by atoms with Crippen molar-refractivity contribution in [2.45, 2.75) is 64.6 Å². The summed E-state index contributed by atoms with van der Waals surface area (Å²) in [5.74, 6) is 1.33. The number of ether oxygens (including phenoxy) is 1. The molecule has 1 amide bonds. The van der Waals surface area contributed by atoms with Crippen molar-refractivity contribution >= 4 is 39.9 Å². The van der Waals surface area contributed by atoms with Crippen LogP contribution in [0.4, 0.5) is 17.6 Å². The molecular weight excluding hydrogens is 640 g/mol. The topological polar surface area (TPSA) is 134 Å². The number of fused-ring (bicyclic) bond motifs is 2. The Bertz CT molecular complexity index is 2020. The summed E-state index contributed by atoms with van der Waals surface area (Å²) >= 11 is 0.